The molecule has 0 aliphatic rings. The summed E-state index contributed by atoms with van der Waals surface area (Å²) in [5.74, 6) is 0.935. The lowest BCUT2D eigenvalue weighted by molar-refractivity contribution is -0.386. The fraction of sp³-hybridized carbons (Fsp3) is 0.167. The summed E-state index contributed by atoms with van der Waals surface area (Å²) in [7, 11) is 0. The van der Waals surface area contributed by atoms with Crippen LogP contribution < -0.4 is 9.47 Å². The average Bonchev–Trinajstić information content (AvgIpc) is 3.08. The van der Waals surface area contributed by atoms with E-state index in [0.29, 0.717) is 23.1 Å². The van der Waals surface area contributed by atoms with Crippen LogP contribution in [-0.2, 0) is 13.2 Å². The van der Waals surface area contributed by atoms with Crippen molar-refractivity contribution in [3.05, 3.63) is 79.2 Å². The normalized spacial score (nSPS) is 10.5. The van der Waals surface area contributed by atoms with Crippen molar-refractivity contribution >= 4 is 28.6 Å². The van der Waals surface area contributed by atoms with E-state index in [-0.39, 0.29) is 18.0 Å². The van der Waals surface area contributed by atoms with E-state index >= 15 is 0 Å². The predicted molar refractivity (Wildman–Crippen MR) is 100 cm³/mol. The second kappa shape index (κ2) is 8.16. The lowest BCUT2D eigenvalue weighted by atomic mass is 10.2. The van der Waals surface area contributed by atoms with Gasteiger partial charge in [-0.05, 0) is 42.8 Å². The SMILES string of the molecule is Cc1ccc(OCc2csc(COc3ccc(Cl)cc3)n2)c([N+](=O)[O-])c1. The fourth-order valence-electron chi connectivity index (χ4n) is 2.20. The zero-order valence-electron chi connectivity index (χ0n) is 13.8. The number of aryl methyl sites for hydroxylation is 1. The highest BCUT2D eigenvalue weighted by Crippen LogP contribution is 2.28. The lowest BCUT2D eigenvalue weighted by Crippen LogP contribution is -2.01. The zero-order valence-corrected chi connectivity index (χ0v) is 15.4. The maximum Gasteiger partial charge on any atom is 0.311 e. The molecule has 0 amide bonds. The Kier molecular flexibility index (Phi) is 5.70. The standard InChI is InChI=1S/C18H15ClN2O4S/c1-12-2-7-17(16(8-12)21(22)23)25-9-14-11-26-18(20-14)10-24-15-5-3-13(19)4-6-15/h2-8,11H,9-10H2,1H3. The highest BCUT2D eigenvalue weighted by molar-refractivity contribution is 7.09. The van der Waals surface area contributed by atoms with Crippen molar-refractivity contribution in [2.45, 2.75) is 20.1 Å². The van der Waals surface area contributed by atoms with E-state index in [4.69, 9.17) is 21.1 Å². The van der Waals surface area contributed by atoms with E-state index in [1.165, 1.54) is 17.4 Å². The molecule has 1 aromatic heterocycles. The summed E-state index contributed by atoms with van der Waals surface area (Å²) in [5.41, 5.74) is 1.45. The van der Waals surface area contributed by atoms with Crippen LogP contribution in [0.1, 0.15) is 16.3 Å². The van der Waals surface area contributed by atoms with Crippen LogP contribution >= 0.6 is 22.9 Å². The summed E-state index contributed by atoms with van der Waals surface area (Å²) in [4.78, 5) is 15.1. The summed E-state index contributed by atoms with van der Waals surface area (Å²) in [6.07, 6.45) is 0. The summed E-state index contributed by atoms with van der Waals surface area (Å²) in [6, 6.07) is 12.0. The van der Waals surface area contributed by atoms with Gasteiger partial charge in [-0.1, -0.05) is 17.7 Å². The molecule has 2 aromatic carbocycles. The number of hydrogen-bond donors (Lipinski definition) is 0. The van der Waals surface area contributed by atoms with Gasteiger partial charge in [-0.3, -0.25) is 10.1 Å². The van der Waals surface area contributed by atoms with Crippen LogP contribution in [0, 0.1) is 17.0 Å². The van der Waals surface area contributed by atoms with E-state index in [9.17, 15) is 10.1 Å². The van der Waals surface area contributed by atoms with Crippen LogP contribution in [0.2, 0.25) is 5.02 Å². The first-order chi connectivity index (χ1) is 12.5. The van der Waals surface area contributed by atoms with Gasteiger partial charge in [0.25, 0.3) is 0 Å². The zero-order chi connectivity index (χ0) is 18.5. The van der Waals surface area contributed by atoms with Crippen molar-refractivity contribution in [2.75, 3.05) is 0 Å². The number of nitrogens with zero attached hydrogens (tertiary/aromatic N) is 2. The molecule has 3 aromatic rings. The quantitative estimate of drug-likeness (QED) is 0.411. The topological polar surface area (TPSA) is 74.5 Å². The first-order valence-electron chi connectivity index (χ1n) is 7.71. The molecule has 26 heavy (non-hydrogen) atoms. The predicted octanol–water partition coefficient (Wildman–Crippen LogP) is 5.17. The van der Waals surface area contributed by atoms with Crippen LogP contribution in [-0.4, -0.2) is 9.91 Å². The Morgan fingerprint density at radius 2 is 1.92 bits per heavy atom. The number of nitro groups is 1. The number of rotatable bonds is 7. The summed E-state index contributed by atoms with van der Waals surface area (Å²) in [6.45, 7) is 2.28. The van der Waals surface area contributed by atoms with Crippen LogP contribution in [0.25, 0.3) is 0 Å². The van der Waals surface area contributed by atoms with Crippen LogP contribution in [0.15, 0.2) is 47.8 Å². The molecule has 1 heterocycles. The summed E-state index contributed by atoms with van der Waals surface area (Å²) < 4.78 is 11.2. The Bertz CT molecular complexity index is 912. The minimum atomic E-state index is -0.450. The number of ether oxygens (including phenoxy) is 2. The molecule has 6 nitrogen and oxygen atoms in total. The Hall–Kier alpha value is -2.64. The van der Waals surface area contributed by atoms with Gasteiger partial charge in [0.05, 0.1) is 10.6 Å². The molecule has 0 saturated heterocycles. The van der Waals surface area contributed by atoms with E-state index in [2.05, 4.69) is 4.98 Å². The number of benzene rings is 2. The smallest absolute Gasteiger partial charge is 0.311 e. The molecule has 0 aliphatic heterocycles. The molecule has 0 radical (unpaired) electrons. The van der Waals surface area contributed by atoms with E-state index in [1.807, 2.05) is 5.38 Å². The average molecular weight is 391 g/mol. The van der Waals surface area contributed by atoms with Crippen LogP contribution in [0.4, 0.5) is 5.69 Å². The van der Waals surface area contributed by atoms with E-state index < -0.39 is 4.92 Å². The van der Waals surface area contributed by atoms with Gasteiger partial charge in [-0.25, -0.2) is 4.98 Å². The van der Waals surface area contributed by atoms with Crippen LogP contribution in [0.5, 0.6) is 11.5 Å². The molecule has 3 rings (SSSR count). The summed E-state index contributed by atoms with van der Waals surface area (Å²) >= 11 is 7.28. The van der Waals surface area contributed by atoms with Crippen LogP contribution in [0.3, 0.4) is 0 Å². The third-order valence-corrected chi connectivity index (χ3v) is 4.59. The Morgan fingerprint density at radius 3 is 2.65 bits per heavy atom. The number of aromatic nitrogens is 1. The molecular weight excluding hydrogens is 376 g/mol. The van der Waals surface area contributed by atoms with Crippen molar-refractivity contribution in [1.29, 1.82) is 0 Å². The number of thiazole rings is 1. The van der Waals surface area contributed by atoms with E-state index in [0.717, 1.165) is 10.6 Å². The third kappa shape index (κ3) is 4.71. The molecular formula is C18H15ClN2O4S. The molecule has 0 unspecified atom stereocenters. The Balaban J connectivity index is 1.59. The summed E-state index contributed by atoms with van der Waals surface area (Å²) in [5, 5.41) is 14.4. The second-order valence-corrected chi connectivity index (χ2v) is 6.87. The lowest BCUT2D eigenvalue weighted by Gasteiger charge is -2.06. The molecule has 0 bridgehead atoms. The van der Waals surface area contributed by atoms with Crippen molar-refractivity contribution in [3.63, 3.8) is 0 Å². The van der Waals surface area contributed by atoms with E-state index in [1.54, 1.807) is 43.3 Å². The molecule has 0 fully saturated rings. The van der Waals surface area contributed by atoms with Crippen molar-refractivity contribution in [3.8, 4) is 11.5 Å². The largest absolute Gasteiger partial charge is 0.486 e. The highest BCUT2D eigenvalue weighted by atomic mass is 35.5. The van der Waals surface area contributed by atoms with Gasteiger partial charge in [0.15, 0.2) is 5.75 Å². The Morgan fingerprint density at radius 1 is 1.15 bits per heavy atom. The first-order valence-corrected chi connectivity index (χ1v) is 8.96. The Labute approximate surface area is 159 Å². The monoisotopic (exact) mass is 390 g/mol. The number of hydrogen-bond acceptors (Lipinski definition) is 6. The molecule has 0 spiro atoms. The molecule has 134 valence electrons. The third-order valence-electron chi connectivity index (χ3n) is 3.46. The molecule has 0 N–H and O–H groups in total. The first kappa shape index (κ1) is 18.2. The van der Waals surface area contributed by atoms with Gasteiger partial charge in [0.2, 0.25) is 0 Å². The second-order valence-electron chi connectivity index (χ2n) is 5.49. The highest BCUT2D eigenvalue weighted by Gasteiger charge is 2.15. The van der Waals surface area contributed by atoms with Crippen molar-refractivity contribution in [2.24, 2.45) is 0 Å². The molecule has 0 atom stereocenters. The fourth-order valence-corrected chi connectivity index (χ4v) is 3.02. The number of nitro benzene ring substituents is 1. The van der Waals surface area contributed by atoms with Crippen molar-refractivity contribution < 1.29 is 14.4 Å². The minimum absolute atomic E-state index is 0.0495. The maximum atomic E-state index is 11.1. The minimum Gasteiger partial charge on any atom is -0.486 e. The van der Waals surface area contributed by atoms with Gasteiger partial charge < -0.3 is 9.47 Å². The number of halogens is 1. The maximum absolute atomic E-state index is 11.1. The molecule has 0 saturated carbocycles. The van der Waals surface area contributed by atoms with Gasteiger partial charge in [-0.15, -0.1) is 11.3 Å². The van der Waals surface area contributed by atoms with Gasteiger partial charge in [0.1, 0.15) is 24.0 Å². The van der Waals surface area contributed by atoms with Gasteiger partial charge in [-0.2, -0.15) is 0 Å². The van der Waals surface area contributed by atoms with Gasteiger partial charge >= 0.3 is 5.69 Å². The van der Waals surface area contributed by atoms with Gasteiger partial charge in [0, 0.05) is 16.5 Å². The van der Waals surface area contributed by atoms with Crippen molar-refractivity contribution in [1.82, 2.24) is 4.98 Å². The molecule has 8 heteroatoms. The molecule has 0 aliphatic carbocycles.